The molecule has 1 aliphatic heterocycles. The number of nitrogens with one attached hydrogen (secondary N) is 2. The molecule has 9 heteroatoms. The molecule has 3 rings (SSSR count). The maximum Gasteiger partial charge on any atom is 0.262 e. The molecule has 0 radical (unpaired) electrons. The van der Waals surface area contributed by atoms with E-state index < -0.39 is 30.8 Å². The molecule has 1 unspecified atom stereocenters. The molecule has 2 heterocycles. The Labute approximate surface area is 148 Å². The van der Waals surface area contributed by atoms with E-state index in [1.54, 1.807) is 0 Å². The Morgan fingerprint density at radius 3 is 2.75 bits per heavy atom. The van der Waals surface area contributed by atoms with E-state index >= 15 is 0 Å². The van der Waals surface area contributed by atoms with Crippen molar-refractivity contribution in [3.63, 3.8) is 0 Å². The maximum atomic E-state index is 13.1. The van der Waals surface area contributed by atoms with Crippen LogP contribution in [-0.2, 0) is 4.79 Å². The predicted molar refractivity (Wildman–Crippen MR) is 92.1 cm³/mol. The third-order valence-electron chi connectivity index (χ3n) is 3.69. The summed E-state index contributed by atoms with van der Waals surface area (Å²) < 4.78 is 26.3. The van der Waals surface area contributed by atoms with Crippen LogP contribution in [0.3, 0.4) is 0 Å². The molecule has 1 aromatic heterocycles. The van der Waals surface area contributed by atoms with Crippen molar-refractivity contribution in [2.75, 3.05) is 11.9 Å². The summed E-state index contributed by atoms with van der Waals surface area (Å²) in [6, 6.07) is 5.07. The number of aromatic nitrogens is 2. The van der Waals surface area contributed by atoms with Gasteiger partial charge < -0.3 is 0 Å². The topological polar surface area (TPSA) is 66.9 Å². The molecule has 2 N–H and O–H groups in total. The SMILES string of the molecule is Cc1ccc(-c2nnc(NC(=O)C3CC(F)(F)CN3)s2)c(C)c1.Cl. The number of carbonyl (C=O) groups is 1. The Balaban J connectivity index is 0.00000208. The molecule has 1 aliphatic rings. The van der Waals surface area contributed by atoms with Crippen LogP contribution in [0.25, 0.3) is 10.6 Å². The van der Waals surface area contributed by atoms with Crippen molar-refractivity contribution >= 4 is 34.8 Å². The van der Waals surface area contributed by atoms with E-state index in [2.05, 4.69) is 20.8 Å². The van der Waals surface area contributed by atoms with E-state index in [0.717, 1.165) is 16.7 Å². The number of anilines is 1. The van der Waals surface area contributed by atoms with Crippen LogP contribution in [-0.4, -0.2) is 34.6 Å². The van der Waals surface area contributed by atoms with E-state index in [4.69, 9.17) is 0 Å². The second-order valence-electron chi connectivity index (χ2n) is 5.71. The molecule has 1 atom stereocenters. The lowest BCUT2D eigenvalue weighted by atomic mass is 10.1. The van der Waals surface area contributed by atoms with Crippen molar-refractivity contribution in [1.82, 2.24) is 15.5 Å². The molecule has 130 valence electrons. The lowest BCUT2D eigenvalue weighted by Gasteiger charge is -2.08. The highest BCUT2D eigenvalue weighted by atomic mass is 35.5. The van der Waals surface area contributed by atoms with Crippen LogP contribution in [0.4, 0.5) is 13.9 Å². The fourth-order valence-electron chi connectivity index (χ4n) is 2.53. The molecule has 1 fully saturated rings. The van der Waals surface area contributed by atoms with Gasteiger partial charge in [0.25, 0.3) is 5.92 Å². The van der Waals surface area contributed by atoms with Crippen molar-refractivity contribution in [3.8, 4) is 10.6 Å². The molecule has 24 heavy (non-hydrogen) atoms. The third-order valence-corrected chi connectivity index (χ3v) is 4.57. The quantitative estimate of drug-likeness (QED) is 0.866. The number of benzene rings is 1. The van der Waals surface area contributed by atoms with Gasteiger partial charge in [-0.25, -0.2) is 8.78 Å². The Bertz CT molecular complexity index is 753. The van der Waals surface area contributed by atoms with Crippen LogP contribution in [0.2, 0.25) is 0 Å². The number of aryl methyl sites for hydroxylation is 2. The fourth-order valence-corrected chi connectivity index (χ4v) is 3.37. The van der Waals surface area contributed by atoms with Crippen molar-refractivity contribution in [2.24, 2.45) is 0 Å². The van der Waals surface area contributed by atoms with E-state index in [1.807, 2.05) is 32.0 Å². The summed E-state index contributed by atoms with van der Waals surface area (Å²) in [5.41, 5.74) is 3.16. The zero-order valence-electron chi connectivity index (χ0n) is 13.1. The van der Waals surface area contributed by atoms with Crippen molar-refractivity contribution in [1.29, 1.82) is 0 Å². The summed E-state index contributed by atoms with van der Waals surface area (Å²) in [5, 5.41) is 14.1. The Kier molecular flexibility index (Phi) is 5.52. The smallest absolute Gasteiger partial charge is 0.262 e. The minimum absolute atomic E-state index is 0. The molecule has 1 saturated heterocycles. The number of rotatable bonds is 3. The van der Waals surface area contributed by atoms with E-state index in [0.29, 0.717) is 10.1 Å². The number of nitrogens with zero attached hydrogens (tertiary/aromatic N) is 2. The molecule has 0 saturated carbocycles. The second-order valence-corrected chi connectivity index (χ2v) is 6.69. The van der Waals surface area contributed by atoms with Gasteiger partial charge in [-0.15, -0.1) is 22.6 Å². The normalized spacial score (nSPS) is 18.9. The van der Waals surface area contributed by atoms with Crippen LogP contribution in [0, 0.1) is 13.8 Å². The van der Waals surface area contributed by atoms with Crippen molar-refractivity contribution < 1.29 is 13.6 Å². The van der Waals surface area contributed by atoms with Gasteiger partial charge in [0.15, 0.2) is 0 Å². The van der Waals surface area contributed by atoms with Gasteiger partial charge in [-0.1, -0.05) is 35.1 Å². The molecule has 0 aliphatic carbocycles. The van der Waals surface area contributed by atoms with Crippen LogP contribution in [0.15, 0.2) is 18.2 Å². The molecule has 0 bridgehead atoms. The second kappa shape index (κ2) is 7.08. The number of carbonyl (C=O) groups excluding carboxylic acids is 1. The zero-order valence-corrected chi connectivity index (χ0v) is 14.7. The van der Waals surface area contributed by atoms with Crippen LogP contribution in [0.1, 0.15) is 17.5 Å². The van der Waals surface area contributed by atoms with Gasteiger partial charge in [0, 0.05) is 12.0 Å². The number of hydrogen-bond donors (Lipinski definition) is 2. The molecule has 1 amide bonds. The van der Waals surface area contributed by atoms with E-state index in [9.17, 15) is 13.6 Å². The standard InChI is InChI=1S/C15H16F2N4OS.ClH/c1-8-3-4-10(9(2)5-8)13-20-21-14(23-13)19-12(22)11-6-15(16,17)7-18-11;/h3-5,11,18H,6-7H2,1-2H3,(H,19,21,22);1H. The van der Waals surface area contributed by atoms with Crippen LogP contribution < -0.4 is 10.6 Å². The highest BCUT2D eigenvalue weighted by Crippen LogP contribution is 2.30. The number of amides is 1. The lowest BCUT2D eigenvalue weighted by molar-refractivity contribution is -0.118. The summed E-state index contributed by atoms with van der Waals surface area (Å²) in [5.74, 6) is -3.35. The summed E-state index contributed by atoms with van der Waals surface area (Å²) in [6.07, 6.45) is -0.498. The number of hydrogen-bond acceptors (Lipinski definition) is 5. The van der Waals surface area contributed by atoms with Gasteiger partial charge >= 0.3 is 0 Å². The Hall–Kier alpha value is -1.64. The van der Waals surface area contributed by atoms with Gasteiger partial charge in [0.05, 0.1) is 12.6 Å². The molecular formula is C15H17ClF2N4OS. The highest BCUT2D eigenvalue weighted by Gasteiger charge is 2.42. The fraction of sp³-hybridized carbons (Fsp3) is 0.400. The van der Waals surface area contributed by atoms with Gasteiger partial charge in [0.1, 0.15) is 5.01 Å². The first-order valence-corrected chi connectivity index (χ1v) is 7.99. The molecule has 0 spiro atoms. The maximum absolute atomic E-state index is 13.1. The Morgan fingerprint density at radius 2 is 2.12 bits per heavy atom. The summed E-state index contributed by atoms with van der Waals surface area (Å²) >= 11 is 1.22. The highest BCUT2D eigenvalue weighted by molar-refractivity contribution is 7.18. The zero-order chi connectivity index (χ0) is 16.6. The first-order chi connectivity index (χ1) is 10.8. The molecular weight excluding hydrogens is 358 g/mol. The van der Waals surface area contributed by atoms with Gasteiger partial charge in [-0.2, -0.15) is 0 Å². The average Bonchev–Trinajstić information content (AvgIpc) is 3.05. The summed E-state index contributed by atoms with van der Waals surface area (Å²) in [6.45, 7) is 3.51. The number of alkyl halides is 2. The average molecular weight is 375 g/mol. The van der Waals surface area contributed by atoms with E-state index in [1.165, 1.54) is 11.3 Å². The predicted octanol–water partition coefficient (Wildman–Crippen LogP) is 3.18. The van der Waals surface area contributed by atoms with Gasteiger partial charge in [0.2, 0.25) is 11.0 Å². The third kappa shape index (κ3) is 4.06. The molecule has 5 nitrogen and oxygen atoms in total. The number of halogens is 3. The lowest BCUT2D eigenvalue weighted by Crippen LogP contribution is -2.35. The first-order valence-electron chi connectivity index (χ1n) is 7.17. The minimum Gasteiger partial charge on any atom is -0.300 e. The van der Waals surface area contributed by atoms with Gasteiger partial charge in [-0.3, -0.25) is 15.4 Å². The van der Waals surface area contributed by atoms with E-state index in [-0.39, 0.29) is 12.4 Å². The monoisotopic (exact) mass is 374 g/mol. The van der Waals surface area contributed by atoms with Crippen molar-refractivity contribution in [2.45, 2.75) is 32.2 Å². The van der Waals surface area contributed by atoms with Crippen LogP contribution >= 0.6 is 23.7 Å². The van der Waals surface area contributed by atoms with Gasteiger partial charge in [-0.05, 0) is 19.4 Å². The first kappa shape index (κ1) is 18.7. The largest absolute Gasteiger partial charge is 0.300 e. The summed E-state index contributed by atoms with van der Waals surface area (Å²) in [4.78, 5) is 12.0. The molecule has 2 aromatic rings. The minimum atomic E-state index is -2.84. The summed E-state index contributed by atoms with van der Waals surface area (Å²) in [7, 11) is 0. The Morgan fingerprint density at radius 1 is 1.38 bits per heavy atom. The molecule has 1 aromatic carbocycles. The van der Waals surface area contributed by atoms with Crippen LogP contribution in [0.5, 0.6) is 0 Å². The van der Waals surface area contributed by atoms with Crippen molar-refractivity contribution in [3.05, 3.63) is 29.3 Å².